The van der Waals surface area contributed by atoms with E-state index in [2.05, 4.69) is 22.1 Å². The van der Waals surface area contributed by atoms with E-state index in [0.717, 1.165) is 55.6 Å². The van der Waals surface area contributed by atoms with Gasteiger partial charge < -0.3 is 14.8 Å². The summed E-state index contributed by atoms with van der Waals surface area (Å²) in [5.74, 6) is -0.0366. The van der Waals surface area contributed by atoms with Crippen LogP contribution in [0.5, 0.6) is 0 Å². The quantitative estimate of drug-likeness (QED) is 0.587. The average molecular weight is 463 g/mol. The lowest BCUT2D eigenvalue weighted by molar-refractivity contribution is 0.314. The maximum Gasteiger partial charge on any atom is 0.228 e. The van der Waals surface area contributed by atoms with Crippen molar-refractivity contribution >= 4 is 27.2 Å². The third kappa shape index (κ3) is 5.86. The molecule has 1 aliphatic rings. The smallest absolute Gasteiger partial charge is 0.228 e. The Morgan fingerprint density at radius 1 is 1.26 bits per heavy atom. The van der Waals surface area contributed by atoms with Gasteiger partial charge in [0.05, 0.1) is 24.2 Å². The topological polar surface area (TPSA) is 67.2 Å². The average Bonchev–Trinajstić information content (AvgIpc) is 3.17. The molecule has 0 amide bonds. The van der Waals surface area contributed by atoms with Gasteiger partial charge in [-0.1, -0.05) is 49.1 Å². The first kappa shape index (κ1) is 23.7. The second-order valence-corrected chi connectivity index (χ2v) is 10.6. The van der Waals surface area contributed by atoms with Gasteiger partial charge in [0, 0.05) is 19.1 Å². The fourth-order valence-electron chi connectivity index (χ4n) is 4.33. The van der Waals surface area contributed by atoms with Crippen LogP contribution in [0.4, 0.5) is 0 Å². The molecule has 0 atom stereocenters. The summed E-state index contributed by atoms with van der Waals surface area (Å²) >= 11 is 5.52. The zero-order chi connectivity index (χ0) is 22.4. The Labute approximate surface area is 192 Å². The highest BCUT2D eigenvalue weighted by atomic mass is 32.2. The van der Waals surface area contributed by atoms with Crippen LogP contribution < -0.4 is 5.32 Å². The van der Waals surface area contributed by atoms with Crippen LogP contribution in [0.2, 0.25) is 0 Å². The molecular weight excluding hydrogens is 428 g/mol. The molecule has 1 saturated carbocycles. The number of hydrogen-bond donors (Lipinski definition) is 1. The largest absolute Gasteiger partial charge is 0.363 e. The molecule has 1 heterocycles. The minimum Gasteiger partial charge on any atom is -0.363 e. The minimum atomic E-state index is -3.58. The maximum absolute atomic E-state index is 13.4. The molecule has 1 aliphatic carbocycles. The fourth-order valence-corrected chi connectivity index (χ4v) is 6.19. The van der Waals surface area contributed by atoms with E-state index in [4.69, 9.17) is 12.2 Å². The van der Waals surface area contributed by atoms with Crippen LogP contribution in [0.1, 0.15) is 68.8 Å². The number of rotatable bonds is 8. The molecule has 170 valence electrons. The molecule has 8 heteroatoms. The molecule has 1 N–H and O–H groups in total. The molecule has 0 unspecified atom stereocenters. The van der Waals surface area contributed by atoms with Gasteiger partial charge in [-0.15, -0.1) is 0 Å². The second-order valence-electron chi connectivity index (χ2n) is 8.29. The van der Waals surface area contributed by atoms with Gasteiger partial charge in [-0.25, -0.2) is 13.4 Å². The van der Waals surface area contributed by atoms with Crippen molar-refractivity contribution in [2.24, 2.45) is 0 Å². The number of imidazole rings is 1. The van der Waals surface area contributed by atoms with Crippen LogP contribution in [-0.2, 0) is 22.1 Å². The highest BCUT2D eigenvalue weighted by Gasteiger charge is 2.29. The van der Waals surface area contributed by atoms with E-state index in [0.29, 0.717) is 11.7 Å². The Hall–Kier alpha value is -1.93. The number of hydrogen-bond acceptors (Lipinski definition) is 4. The number of aromatic nitrogens is 2. The van der Waals surface area contributed by atoms with Gasteiger partial charge in [-0.3, -0.25) is 0 Å². The lowest BCUT2D eigenvalue weighted by Gasteiger charge is -2.29. The second kappa shape index (κ2) is 10.6. The predicted molar refractivity (Wildman–Crippen MR) is 129 cm³/mol. The van der Waals surface area contributed by atoms with Crippen LogP contribution in [0.3, 0.4) is 0 Å². The Morgan fingerprint density at radius 2 is 2.00 bits per heavy atom. The number of sulfone groups is 1. The summed E-state index contributed by atoms with van der Waals surface area (Å²) in [5, 5.41) is 4.08. The van der Waals surface area contributed by atoms with Crippen molar-refractivity contribution in [1.82, 2.24) is 19.8 Å². The van der Waals surface area contributed by atoms with Gasteiger partial charge >= 0.3 is 0 Å². The van der Waals surface area contributed by atoms with Gasteiger partial charge in [0.15, 0.2) is 5.11 Å². The van der Waals surface area contributed by atoms with Crippen molar-refractivity contribution in [3.63, 3.8) is 0 Å². The van der Waals surface area contributed by atoms with Crippen molar-refractivity contribution in [2.45, 2.75) is 76.4 Å². The van der Waals surface area contributed by atoms with Crippen molar-refractivity contribution < 1.29 is 8.42 Å². The summed E-state index contributed by atoms with van der Waals surface area (Å²) in [7, 11) is -3.58. The van der Waals surface area contributed by atoms with Gasteiger partial charge in [0.25, 0.3) is 0 Å². The molecule has 6 nitrogen and oxygen atoms in total. The standard InChI is InChI=1S/C23H34N4O2S2/c1-4-24-22(30)26(5-2)16-21-15-25-23(27(21)20-12-7-6-8-13-20)31(28,29)17-19-11-9-10-18(3)14-19/h9-11,14-15,20H,4-8,12-13,16-17H2,1-3H3,(H,24,30). The summed E-state index contributed by atoms with van der Waals surface area (Å²) in [6.07, 6.45) is 7.15. The molecule has 0 bridgehead atoms. The van der Waals surface area contributed by atoms with E-state index in [1.54, 1.807) is 6.20 Å². The monoisotopic (exact) mass is 462 g/mol. The third-order valence-corrected chi connectivity index (χ3v) is 7.82. The molecule has 0 saturated heterocycles. The molecule has 1 fully saturated rings. The summed E-state index contributed by atoms with van der Waals surface area (Å²) in [6, 6.07) is 7.84. The van der Waals surface area contributed by atoms with Crippen molar-refractivity contribution in [3.8, 4) is 0 Å². The summed E-state index contributed by atoms with van der Waals surface area (Å²) in [5.41, 5.74) is 2.76. The molecular formula is C23H34N4O2S2. The molecule has 0 aliphatic heterocycles. The normalized spacial score (nSPS) is 15.1. The predicted octanol–water partition coefficient (Wildman–Crippen LogP) is 4.39. The zero-order valence-corrected chi connectivity index (χ0v) is 20.4. The first-order valence-electron chi connectivity index (χ1n) is 11.2. The van der Waals surface area contributed by atoms with E-state index < -0.39 is 9.84 Å². The van der Waals surface area contributed by atoms with Crippen molar-refractivity contribution in [2.75, 3.05) is 13.1 Å². The highest BCUT2D eigenvalue weighted by Crippen LogP contribution is 2.33. The number of nitrogens with one attached hydrogen (secondary N) is 1. The summed E-state index contributed by atoms with van der Waals surface area (Å²) < 4.78 is 28.9. The number of benzene rings is 1. The molecule has 1 aromatic carbocycles. The van der Waals surface area contributed by atoms with E-state index in [-0.39, 0.29) is 17.0 Å². The van der Waals surface area contributed by atoms with Gasteiger partial charge in [-0.2, -0.15) is 0 Å². The van der Waals surface area contributed by atoms with E-state index >= 15 is 0 Å². The Balaban J connectivity index is 1.97. The van der Waals surface area contributed by atoms with Gasteiger partial charge in [-0.05, 0) is 51.4 Å². The molecule has 31 heavy (non-hydrogen) atoms. The van der Waals surface area contributed by atoms with Crippen LogP contribution in [-0.4, -0.2) is 41.1 Å². The maximum atomic E-state index is 13.4. The fraction of sp³-hybridized carbons (Fsp3) is 0.565. The van der Waals surface area contributed by atoms with E-state index in [1.807, 2.05) is 42.7 Å². The lowest BCUT2D eigenvalue weighted by Crippen LogP contribution is -2.39. The minimum absolute atomic E-state index is 0.0366. The zero-order valence-electron chi connectivity index (χ0n) is 18.8. The molecule has 0 spiro atoms. The summed E-state index contributed by atoms with van der Waals surface area (Å²) in [4.78, 5) is 6.52. The van der Waals surface area contributed by atoms with E-state index in [9.17, 15) is 8.42 Å². The number of nitrogens with zero attached hydrogens (tertiary/aromatic N) is 3. The Bertz CT molecular complexity index is 995. The number of aryl methyl sites for hydroxylation is 1. The SMILES string of the molecule is CCNC(=S)N(CC)Cc1cnc(S(=O)(=O)Cc2cccc(C)c2)n1C1CCCCC1. The lowest BCUT2D eigenvalue weighted by atomic mass is 9.95. The van der Waals surface area contributed by atoms with Crippen molar-refractivity contribution in [1.29, 1.82) is 0 Å². The van der Waals surface area contributed by atoms with Crippen molar-refractivity contribution in [3.05, 3.63) is 47.3 Å². The van der Waals surface area contributed by atoms with E-state index in [1.165, 1.54) is 6.42 Å². The molecule has 0 radical (unpaired) electrons. The van der Waals surface area contributed by atoms with Gasteiger partial charge in [0.2, 0.25) is 15.0 Å². The van der Waals surface area contributed by atoms with Crippen LogP contribution in [0.25, 0.3) is 0 Å². The van der Waals surface area contributed by atoms with Crippen LogP contribution >= 0.6 is 12.2 Å². The van der Waals surface area contributed by atoms with Gasteiger partial charge in [0.1, 0.15) is 0 Å². The summed E-state index contributed by atoms with van der Waals surface area (Å²) in [6.45, 7) is 8.10. The Morgan fingerprint density at radius 3 is 2.65 bits per heavy atom. The molecule has 2 aromatic rings. The first-order valence-corrected chi connectivity index (χ1v) is 13.3. The highest BCUT2D eigenvalue weighted by molar-refractivity contribution is 7.90. The first-order chi connectivity index (χ1) is 14.9. The number of thiocarbonyl (C=S) groups is 1. The van der Waals surface area contributed by atoms with Crippen LogP contribution in [0, 0.1) is 6.92 Å². The van der Waals surface area contributed by atoms with Crippen LogP contribution in [0.15, 0.2) is 35.6 Å². The Kier molecular flexibility index (Phi) is 8.11. The molecule has 1 aromatic heterocycles. The molecule has 3 rings (SSSR count). The third-order valence-electron chi connectivity index (χ3n) is 5.85.